The highest BCUT2D eigenvalue weighted by Gasteiger charge is 2.14. The van der Waals surface area contributed by atoms with Gasteiger partial charge in [-0.05, 0) is 36.8 Å². The number of anilines is 3. The summed E-state index contributed by atoms with van der Waals surface area (Å²) < 4.78 is 11.3. The quantitative estimate of drug-likeness (QED) is 0.604. The smallest absolute Gasteiger partial charge is 0.234 e. The summed E-state index contributed by atoms with van der Waals surface area (Å²) in [5, 5.41) is 15.0. The molecule has 4 rings (SSSR count). The first-order valence-electron chi connectivity index (χ1n) is 8.15. The Hall–Kier alpha value is -2.78. The molecule has 1 aliphatic heterocycles. The molecule has 2 heterocycles. The first-order valence-corrected chi connectivity index (χ1v) is 9.95. The number of benzene rings is 2. The normalized spacial score (nSPS) is 12.0. The Morgan fingerprint density at radius 3 is 2.93 bits per heavy atom. The number of rotatable bonds is 6. The molecule has 0 radical (unpaired) electrons. The van der Waals surface area contributed by atoms with E-state index in [9.17, 15) is 4.79 Å². The SMILES string of the molecule is Cc1cccc(Nc2nnc(SCC(=O)Nc3ccc4c(c3)OCO4)s2)c1. The Balaban J connectivity index is 1.30. The molecule has 0 bridgehead atoms. The lowest BCUT2D eigenvalue weighted by molar-refractivity contribution is -0.113. The maximum absolute atomic E-state index is 12.2. The van der Waals surface area contributed by atoms with Crippen LogP contribution in [0.5, 0.6) is 11.5 Å². The molecule has 2 aromatic carbocycles. The van der Waals surface area contributed by atoms with E-state index in [4.69, 9.17) is 9.47 Å². The van der Waals surface area contributed by atoms with Gasteiger partial charge in [-0.25, -0.2) is 0 Å². The fraction of sp³-hybridized carbons (Fsp3) is 0.167. The molecule has 1 aromatic heterocycles. The van der Waals surface area contributed by atoms with Crippen LogP contribution in [0.2, 0.25) is 0 Å². The van der Waals surface area contributed by atoms with Crippen LogP contribution in [0.15, 0.2) is 46.8 Å². The van der Waals surface area contributed by atoms with E-state index < -0.39 is 0 Å². The van der Waals surface area contributed by atoms with Crippen molar-refractivity contribution >= 4 is 45.5 Å². The number of ether oxygens (including phenoxy) is 2. The van der Waals surface area contributed by atoms with Crippen molar-refractivity contribution in [1.29, 1.82) is 0 Å². The highest BCUT2D eigenvalue weighted by Crippen LogP contribution is 2.34. The Labute approximate surface area is 164 Å². The second kappa shape index (κ2) is 7.85. The number of hydrogen-bond donors (Lipinski definition) is 2. The van der Waals surface area contributed by atoms with Crippen LogP contribution in [0.3, 0.4) is 0 Å². The molecule has 0 saturated heterocycles. The number of aryl methyl sites for hydroxylation is 1. The third-order valence-electron chi connectivity index (χ3n) is 3.66. The van der Waals surface area contributed by atoms with Gasteiger partial charge in [-0.3, -0.25) is 4.79 Å². The van der Waals surface area contributed by atoms with Crippen molar-refractivity contribution in [2.45, 2.75) is 11.3 Å². The third-order valence-corrected chi connectivity index (χ3v) is 5.63. The van der Waals surface area contributed by atoms with Gasteiger partial charge in [0.1, 0.15) is 0 Å². The van der Waals surface area contributed by atoms with Gasteiger partial charge in [0.05, 0.1) is 5.75 Å². The molecule has 0 aliphatic carbocycles. The number of amides is 1. The maximum atomic E-state index is 12.2. The number of fused-ring (bicyclic) bond motifs is 1. The first-order chi connectivity index (χ1) is 13.2. The van der Waals surface area contributed by atoms with Gasteiger partial charge in [0.15, 0.2) is 15.8 Å². The van der Waals surface area contributed by atoms with Crippen LogP contribution in [-0.4, -0.2) is 28.7 Å². The summed E-state index contributed by atoms with van der Waals surface area (Å²) in [4.78, 5) is 12.2. The zero-order chi connectivity index (χ0) is 18.6. The predicted octanol–water partition coefficient (Wildman–Crippen LogP) is 4.05. The number of hydrogen-bond acceptors (Lipinski definition) is 8. The molecule has 0 spiro atoms. The number of nitrogens with one attached hydrogen (secondary N) is 2. The fourth-order valence-electron chi connectivity index (χ4n) is 2.46. The number of aromatic nitrogens is 2. The van der Waals surface area contributed by atoms with Gasteiger partial charge < -0.3 is 20.1 Å². The van der Waals surface area contributed by atoms with E-state index >= 15 is 0 Å². The molecule has 0 saturated carbocycles. The first kappa shape index (κ1) is 17.6. The summed E-state index contributed by atoms with van der Waals surface area (Å²) in [6, 6.07) is 13.3. The minimum atomic E-state index is -0.123. The van der Waals surface area contributed by atoms with Gasteiger partial charge in [-0.1, -0.05) is 35.2 Å². The van der Waals surface area contributed by atoms with Gasteiger partial charge in [-0.2, -0.15) is 0 Å². The lowest BCUT2D eigenvalue weighted by Gasteiger charge is -2.05. The van der Waals surface area contributed by atoms with Crippen molar-refractivity contribution in [2.24, 2.45) is 0 Å². The van der Waals surface area contributed by atoms with Crippen molar-refractivity contribution in [2.75, 3.05) is 23.2 Å². The Morgan fingerprint density at radius 2 is 2.04 bits per heavy atom. The highest BCUT2D eigenvalue weighted by atomic mass is 32.2. The molecule has 7 nitrogen and oxygen atoms in total. The van der Waals surface area contributed by atoms with Gasteiger partial charge in [0.25, 0.3) is 0 Å². The molecular weight excluding hydrogens is 384 g/mol. The van der Waals surface area contributed by atoms with E-state index in [0.717, 1.165) is 10.0 Å². The van der Waals surface area contributed by atoms with E-state index in [-0.39, 0.29) is 18.5 Å². The second-order valence-corrected chi connectivity index (χ2v) is 7.97. The summed E-state index contributed by atoms with van der Waals surface area (Å²) in [7, 11) is 0. The monoisotopic (exact) mass is 400 g/mol. The van der Waals surface area contributed by atoms with Crippen LogP contribution < -0.4 is 20.1 Å². The summed E-state index contributed by atoms with van der Waals surface area (Å²) in [6.07, 6.45) is 0. The van der Waals surface area contributed by atoms with E-state index in [2.05, 4.69) is 20.8 Å². The van der Waals surface area contributed by atoms with E-state index in [1.165, 1.54) is 28.7 Å². The van der Waals surface area contributed by atoms with E-state index in [0.29, 0.717) is 22.3 Å². The Kier molecular flexibility index (Phi) is 5.12. The average molecular weight is 400 g/mol. The number of thioether (sulfide) groups is 1. The van der Waals surface area contributed by atoms with Crippen LogP contribution in [0.4, 0.5) is 16.5 Å². The molecule has 138 valence electrons. The van der Waals surface area contributed by atoms with Crippen molar-refractivity contribution in [1.82, 2.24) is 10.2 Å². The highest BCUT2D eigenvalue weighted by molar-refractivity contribution is 8.01. The zero-order valence-corrected chi connectivity index (χ0v) is 16.0. The van der Waals surface area contributed by atoms with Gasteiger partial charge in [0, 0.05) is 17.4 Å². The molecule has 27 heavy (non-hydrogen) atoms. The second-order valence-electron chi connectivity index (χ2n) is 5.77. The molecule has 9 heteroatoms. The number of carbonyl (C=O) groups excluding carboxylic acids is 1. The van der Waals surface area contributed by atoms with E-state index in [1.54, 1.807) is 18.2 Å². The summed E-state index contributed by atoms with van der Waals surface area (Å²) in [5.41, 5.74) is 2.80. The summed E-state index contributed by atoms with van der Waals surface area (Å²) in [5.74, 6) is 1.44. The van der Waals surface area contributed by atoms with Gasteiger partial charge in [0.2, 0.25) is 17.8 Å². The number of carbonyl (C=O) groups is 1. The topological polar surface area (TPSA) is 85.4 Å². The lowest BCUT2D eigenvalue weighted by Crippen LogP contribution is -2.13. The molecule has 0 unspecified atom stereocenters. The van der Waals surface area contributed by atoms with Crippen molar-refractivity contribution in [3.63, 3.8) is 0 Å². The van der Waals surface area contributed by atoms with Crippen molar-refractivity contribution < 1.29 is 14.3 Å². The Bertz CT molecular complexity index is 977. The minimum Gasteiger partial charge on any atom is -0.454 e. The molecule has 1 amide bonds. The van der Waals surface area contributed by atoms with Crippen LogP contribution in [-0.2, 0) is 4.79 Å². The summed E-state index contributed by atoms with van der Waals surface area (Å²) in [6.45, 7) is 2.24. The molecular formula is C18H16N4O3S2. The molecule has 3 aromatic rings. The zero-order valence-electron chi connectivity index (χ0n) is 14.4. The molecule has 0 atom stereocenters. The van der Waals surface area contributed by atoms with Crippen LogP contribution >= 0.6 is 23.1 Å². The van der Waals surface area contributed by atoms with Crippen LogP contribution in [0.1, 0.15) is 5.56 Å². The van der Waals surface area contributed by atoms with Gasteiger partial charge >= 0.3 is 0 Å². The fourth-order valence-corrected chi connectivity index (χ4v) is 4.04. The van der Waals surface area contributed by atoms with Crippen molar-refractivity contribution in [3.05, 3.63) is 48.0 Å². The third kappa shape index (κ3) is 4.50. The Morgan fingerprint density at radius 1 is 1.15 bits per heavy atom. The largest absolute Gasteiger partial charge is 0.454 e. The van der Waals surface area contributed by atoms with Gasteiger partial charge in [-0.15, -0.1) is 10.2 Å². The lowest BCUT2D eigenvalue weighted by atomic mass is 10.2. The molecule has 0 fully saturated rings. The predicted molar refractivity (Wildman–Crippen MR) is 106 cm³/mol. The standard InChI is InChI=1S/C18H16N4O3S2/c1-11-3-2-4-12(7-11)20-17-21-22-18(27-17)26-9-16(23)19-13-5-6-14-15(8-13)25-10-24-14/h2-8H,9-10H2,1H3,(H,19,23)(H,20,21). The molecule has 1 aliphatic rings. The maximum Gasteiger partial charge on any atom is 0.234 e. The average Bonchev–Trinajstić information content (AvgIpc) is 3.29. The van der Waals surface area contributed by atoms with E-state index in [1.807, 2.05) is 31.2 Å². The summed E-state index contributed by atoms with van der Waals surface area (Å²) >= 11 is 2.76. The van der Waals surface area contributed by atoms with Crippen LogP contribution in [0, 0.1) is 6.92 Å². The van der Waals surface area contributed by atoms with Crippen LogP contribution in [0.25, 0.3) is 0 Å². The molecule has 2 N–H and O–H groups in total. The van der Waals surface area contributed by atoms with Crippen molar-refractivity contribution in [3.8, 4) is 11.5 Å². The minimum absolute atomic E-state index is 0.123. The number of nitrogens with zero attached hydrogens (tertiary/aromatic N) is 2.